The number of nitrogens with one attached hydrogen (secondary N) is 2. The fourth-order valence-electron chi connectivity index (χ4n) is 0.550. The van der Waals surface area contributed by atoms with Gasteiger partial charge in [0, 0.05) is 7.05 Å². The van der Waals surface area contributed by atoms with Gasteiger partial charge in [-0.15, -0.1) is 0 Å². The molecule has 0 aromatic carbocycles. The summed E-state index contributed by atoms with van der Waals surface area (Å²) >= 11 is 1.59. The molecule has 0 amide bonds. The number of hydrogen-bond donors (Lipinski definition) is 2. The summed E-state index contributed by atoms with van der Waals surface area (Å²) in [5, 5.41) is 2.53. The van der Waals surface area contributed by atoms with E-state index in [9.17, 15) is 9.18 Å². The van der Waals surface area contributed by atoms with Gasteiger partial charge < -0.3 is 5.32 Å². The van der Waals surface area contributed by atoms with E-state index in [0.717, 1.165) is 0 Å². The van der Waals surface area contributed by atoms with Gasteiger partial charge in [0.25, 0.3) is 5.56 Å². The largest absolute Gasteiger partial charge is 0.359 e. The maximum Gasteiger partial charge on any atom is 0.268 e. The molecule has 6 heteroatoms. The van der Waals surface area contributed by atoms with E-state index in [1.807, 2.05) is 0 Å². The van der Waals surface area contributed by atoms with Crippen LogP contribution in [-0.2, 0) is 0 Å². The second kappa shape index (κ2) is 3.16. The predicted octanol–water partition coefficient (Wildman–Crippen LogP) is 0.555. The maximum atomic E-state index is 12.6. The summed E-state index contributed by atoms with van der Waals surface area (Å²) in [4.78, 5) is 16.6. The quantitative estimate of drug-likeness (QED) is 0.578. The molecule has 2 N–H and O–H groups in total. The average Bonchev–Trinajstić information content (AvgIpc) is 1.99. The van der Waals surface area contributed by atoms with E-state index in [4.69, 9.17) is 0 Å². The molecule has 0 unspecified atom stereocenters. The molecule has 0 fully saturated rings. The van der Waals surface area contributed by atoms with Gasteiger partial charge in [0.15, 0.2) is 0 Å². The molecule has 60 valence electrons. The van der Waals surface area contributed by atoms with Crippen molar-refractivity contribution in [3.8, 4) is 0 Å². The molecule has 0 saturated heterocycles. The van der Waals surface area contributed by atoms with Crippen molar-refractivity contribution < 1.29 is 4.39 Å². The third kappa shape index (κ3) is 1.67. The molecule has 1 aromatic heterocycles. The van der Waals surface area contributed by atoms with Crippen LogP contribution in [0.25, 0.3) is 0 Å². The van der Waals surface area contributed by atoms with E-state index < -0.39 is 11.5 Å². The van der Waals surface area contributed by atoms with Crippen molar-refractivity contribution >= 4 is 28.5 Å². The van der Waals surface area contributed by atoms with Gasteiger partial charge in [-0.3, -0.25) is 9.78 Å². The topological polar surface area (TPSA) is 57.8 Å². The molecular formula is C5H5FIN3O. The molecule has 0 bridgehead atoms. The van der Waals surface area contributed by atoms with Crippen LogP contribution in [0.2, 0.25) is 0 Å². The third-order valence-electron chi connectivity index (χ3n) is 1.06. The number of halogens is 2. The van der Waals surface area contributed by atoms with E-state index in [2.05, 4.69) is 15.3 Å². The molecule has 0 saturated carbocycles. The van der Waals surface area contributed by atoms with E-state index in [0.29, 0.717) is 0 Å². The van der Waals surface area contributed by atoms with Crippen LogP contribution in [0.5, 0.6) is 0 Å². The number of aromatic amines is 1. The van der Waals surface area contributed by atoms with Gasteiger partial charge >= 0.3 is 0 Å². The first-order valence-corrected chi connectivity index (χ1v) is 3.86. The minimum Gasteiger partial charge on any atom is -0.359 e. The molecule has 1 heterocycles. The minimum absolute atomic E-state index is 0.0263. The highest BCUT2D eigenvalue weighted by Crippen LogP contribution is 2.02. The zero-order chi connectivity index (χ0) is 8.43. The van der Waals surface area contributed by atoms with Crippen molar-refractivity contribution in [1.82, 2.24) is 9.97 Å². The first-order chi connectivity index (χ1) is 5.15. The van der Waals surface area contributed by atoms with Gasteiger partial charge in [0.05, 0.1) is 0 Å². The Labute approximate surface area is 75.4 Å². The zero-order valence-corrected chi connectivity index (χ0v) is 7.77. The summed E-state index contributed by atoms with van der Waals surface area (Å²) in [5.74, 6) is -0.619. The SMILES string of the molecule is CNc1nc(F)c(I)c(=O)[nH]1. The summed E-state index contributed by atoms with van der Waals surface area (Å²) in [5.41, 5.74) is -0.470. The highest BCUT2D eigenvalue weighted by molar-refractivity contribution is 14.1. The molecule has 0 aliphatic rings. The van der Waals surface area contributed by atoms with Crippen LogP contribution in [0.15, 0.2) is 4.79 Å². The number of hydrogen-bond acceptors (Lipinski definition) is 3. The molecule has 1 rings (SSSR count). The van der Waals surface area contributed by atoms with Gasteiger partial charge in [-0.25, -0.2) is 0 Å². The zero-order valence-electron chi connectivity index (χ0n) is 5.61. The second-order valence-electron chi connectivity index (χ2n) is 1.77. The molecule has 0 spiro atoms. The Hall–Kier alpha value is -0.660. The van der Waals surface area contributed by atoms with Crippen LogP contribution in [0, 0.1) is 9.52 Å². The van der Waals surface area contributed by atoms with E-state index in [1.165, 1.54) is 0 Å². The second-order valence-corrected chi connectivity index (χ2v) is 2.85. The Kier molecular flexibility index (Phi) is 2.42. The van der Waals surface area contributed by atoms with Gasteiger partial charge in [-0.1, -0.05) is 0 Å². The van der Waals surface area contributed by atoms with E-state index in [1.54, 1.807) is 29.6 Å². The Morgan fingerprint density at radius 1 is 1.73 bits per heavy atom. The van der Waals surface area contributed by atoms with Crippen molar-refractivity contribution in [2.24, 2.45) is 0 Å². The summed E-state index contributed by atoms with van der Waals surface area (Å²) in [6, 6.07) is 0. The number of aromatic nitrogens is 2. The normalized spacial score (nSPS) is 9.73. The van der Waals surface area contributed by atoms with E-state index >= 15 is 0 Å². The van der Waals surface area contributed by atoms with Gasteiger partial charge in [0.1, 0.15) is 3.57 Å². The standard InChI is InChI=1S/C5H5FIN3O/c1-8-5-9-3(6)2(7)4(11)10-5/h1H3,(H2,8,9,10,11). The van der Waals surface area contributed by atoms with Crippen molar-refractivity contribution in [2.45, 2.75) is 0 Å². The Morgan fingerprint density at radius 2 is 2.36 bits per heavy atom. The lowest BCUT2D eigenvalue weighted by Gasteiger charge is -1.97. The number of H-pyrrole nitrogens is 1. The first kappa shape index (κ1) is 8.44. The van der Waals surface area contributed by atoms with Crippen LogP contribution < -0.4 is 10.9 Å². The van der Waals surface area contributed by atoms with Crippen LogP contribution in [-0.4, -0.2) is 17.0 Å². The number of rotatable bonds is 1. The Balaban J connectivity index is 3.32. The molecular weight excluding hydrogens is 264 g/mol. The van der Waals surface area contributed by atoms with E-state index in [-0.39, 0.29) is 9.52 Å². The summed E-state index contributed by atoms with van der Waals surface area (Å²) < 4.78 is 12.6. The maximum absolute atomic E-state index is 12.6. The predicted molar refractivity (Wildman–Crippen MR) is 47.1 cm³/mol. The highest BCUT2D eigenvalue weighted by Gasteiger charge is 2.05. The molecule has 0 atom stereocenters. The number of anilines is 1. The van der Waals surface area contributed by atoms with Crippen LogP contribution in [0.1, 0.15) is 0 Å². The Morgan fingerprint density at radius 3 is 2.82 bits per heavy atom. The lowest BCUT2D eigenvalue weighted by molar-refractivity contribution is 0.570. The number of nitrogens with zero attached hydrogens (tertiary/aromatic N) is 1. The van der Waals surface area contributed by atoms with Gasteiger partial charge in [-0.2, -0.15) is 9.37 Å². The molecule has 1 aromatic rings. The van der Waals surface area contributed by atoms with Crippen LogP contribution in [0.4, 0.5) is 10.3 Å². The fraction of sp³-hybridized carbons (Fsp3) is 0.200. The fourth-order valence-corrected chi connectivity index (χ4v) is 0.805. The smallest absolute Gasteiger partial charge is 0.268 e. The molecule has 0 aliphatic carbocycles. The highest BCUT2D eigenvalue weighted by atomic mass is 127. The lowest BCUT2D eigenvalue weighted by atomic mass is 10.6. The van der Waals surface area contributed by atoms with Crippen LogP contribution >= 0.6 is 22.6 Å². The summed E-state index contributed by atoms with van der Waals surface area (Å²) in [6.45, 7) is 0. The Bertz CT molecular complexity index is 324. The third-order valence-corrected chi connectivity index (χ3v) is 1.99. The van der Waals surface area contributed by atoms with Crippen molar-refractivity contribution in [2.75, 3.05) is 12.4 Å². The average molecular weight is 269 g/mol. The molecule has 11 heavy (non-hydrogen) atoms. The summed E-state index contributed by atoms with van der Waals surface area (Å²) in [7, 11) is 1.55. The summed E-state index contributed by atoms with van der Waals surface area (Å²) in [6.07, 6.45) is 0. The minimum atomic E-state index is -0.751. The van der Waals surface area contributed by atoms with Crippen LogP contribution in [0.3, 0.4) is 0 Å². The monoisotopic (exact) mass is 269 g/mol. The van der Waals surface area contributed by atoms with Crippen molar-refractivity contribution in [1.29, 1.82) is 0 Å². The first-order valence-electron chi connectivity index (χ1n) is 2.78. The molecule has 0 aliphatic heterocycles. The molecule has 0 radical (unpaired) electrons. The lowest BCUT2D eigenvalue weighted by Crippen LogP contribution is -2.16. The van der Waals surface area contributed by atoms with Crippen molar-refractivity contribution in [3.63, 3.8) is 0 Å². The molecule has 4 nitrogen and oxygen atoms in total. The van der Waals surface area contributed by atoms with Gasteiger partial charge in [-0.05, 0) is 22.6 Å². The van der Waals surface area contributed by atoms with Crippen molar-refractivity contribution in [3.05, 3.63) is 19.9 Å². The van der Waals surface area contributed by atoms with Gasteiger partial charge in [0.2, 0.25) is 11.9 Å².